The van der Waals surface area contributed by atoms with Gasteiger partial charge in [0.2, 0.25) is 5.91 Å². The summed E-state index contributed by atoms with van der Waals surface area (Å²) in [6, 6.07) is 0.172. The molecule has 3 nitrogen and oxygen atoms in total. The second-order valence-corrected chi connectivity index (χ2v) is 5.80. The minimum absolute atomic E-state index is 0.160. The zero-order valence-electron chi connectivity index (χ0n) is 11.6. The van der Waals surface area contributed by atoms with E-state index < -0.39 is 0 Å². The van der Waals surface area contributed by atoms with Crippen LogP contribution in [-0.2, 0) is 4.79 Å². The van der Waals surface area contributed by atoms with Crippen molar-refractivity contribution in [3.8, 4) is 0 Å². The highest BCUT2D eigenvalue weighted by molar-refractivity contribution is 7.80. The Kier molecular flexibility index (Phi) is 6.61. The van der Waals surface area contributed by atoms with Gasteiger partial charge in [-0.2, -0.15) is 0 Å². The predicted octanol–water partition coefficient (Wildman–Crippen LogP) is 2.77. The average Bonchev–Trinajstić information content (AvgIpc) is 2.77. The van der Waals surface area contributed by atoms with Crippen LogP contribution in [-0.4, -0.2) is 16.9 Å². The molecule has 4 heteroatoms. The number of hydrogen-bond acceptors (Lipinski definition) is 2. The Morgan fingerprint density at radius 2 is 1.94 bits per heavy atom. The predicted molar refractivity (Wildman–Crippen MR) is 79.4 cm³/mol. The molecule has 1 rings (SSSR count). The number of hydrogen-bond donors (Lipinski definition) is 2. The highest BCUT2D eigenvalue weighted by Crippen LogP contribution is 2.26. The van der Waals surface area contributed by atoms with Gasteiger partial charge in [-0.05, 0) is 25.7 Å². The van der Waals surface area contributed by atoms with Gasteiger partial charge in [0, 0.05) is 17.9 Å². The third-order valence-corrected chi connectivity index (χ3v) is 4.16. The summed E-state index contributed by atoms with van der Waals surface area (Å²) in [5.41, 5.74) is 5.74. The topological polar surface area (TPSA) is 55.1 Å². The number of nitrogens with two attached hydrogens (primary N) is 1. The molecule has 0 aromatic heterocycles. The van der Waals surface area contributed by atoms with Crippen molar-refractivity contribution < 1.29 is 4.79 Å². The maximum atomic E-state index is 12.3. The zero-order chi connectivity index (χ0) is 13.5. The van der Waals surface area contributed by atoms with Crippen LogP contribution in [0.4, 0.5) is 0 Å². The van der Waals surface area contributed by atoms with Crippen LogP contribution in [0.25, 0.3) is 0 Å². The Balaban J connectivity index is 2.53. The summed E-state index contributed by atoms with van der Waals surface area (Å²) in [6.45, 7) is 4.26. The van der Waals surface area contributed by atoms with Crippen LogP contribution in [0.15, 0.2) is 0 Å². The first-order valence-electron chi connectivity index (χ1n) is 7.19. The molecule has 0 bridgehead atoms. The zero-order valence-corrected chi connectivity index (χ0v) is 12.4. The first-order chi connectivity index (χ1) is 8.60. The van der Waals surface area contributed by atoms with Crippen molar-refractivity contribution >= 4 is 23.1 Å². The molecule has 2 atom stereocenters. The van der Waals surface area contributed by atoms with Crippen LogP contribution in [0.3, 0.4) is 0 Å². The molecule has 0 aromatic rings. The van der Waals surface area contributed by atoms with Crippen LogP contribution in [0.2, 0.25) is 0 Å². The summed E-state index contributed by atoms with van der Waals surface area (Å²) in [6.07, 6.45) is 7.21. The number of rotatable bonds is 7. The highest BCUT2D eigenvalue weighted by atomic mass is 32.1. The molecule has 1 aliphatic carbocycles. The fourth-order valence-electron chi connectivity index (χ4n) is 2.88. The van der Waals surface area contributed by atoms with E-state index in [2.05, 4.69) is 19.2 Å². The van der Waals surface area contributed by atoms with E-state index in [1.165, 1.54) is 0 Å². The SMILES string of the molecule is CCCC(CCC)C(=O)NC1CCCC1C(N)=S. The summed E-state index contributed by atoms with van der Waals surface area (Å²) in [5.74, 6) is 0.562. The number of carbonyl (C=O) groups excluding carboxylic acids is 1. The Morgan fingerprint density at radius 1 is 1.33 bits per heavy atom. The van der Waals surface area contributed by atoms with Gasteiger partial charge in [-0.1, -0.05) is 45.3 Å². The number of carbonyl (C=O) groups is 1. The monoisotopic (exact) mass is 270 g/mol. The van der Waals surface area contributed by atoms with Crippen molar-refractivity contribution in [2.75, 3.05) is 0 Å². The molecule has 3 N–H and O–H groups in total. The summed E-state index contributed by atoms with van der Waals surface area (Å²) >= 11 is 5.08. The number of nitrogens with one attached hydrogen (secondary N) is 1. The van der Waals surface area contributed by atoms with Gasteiger partial charge in [-0.15, -0.1) is 0 Å². The third kappa shape index (κ3) is 4.23. The molecule has 1 aliphatic rings. The van der Waals surface area contributed by atoms with Gasteiger partial charge in [0.15, 0.2) is 0 Å². The maximum Gasteiger partial charge on any atom is 0.223 e. The van der Waals surface area contributed by atoms with E-state index in [1.54, 1.807) is 0 Å². The van der Waals surface area contributed by atoms with Crippen molar-refractivity contribution in [1.29, 1.82) is 0 Å². The van der Waals surface area contributed by atoms with Gasteiger partial charge in [-0.3, -0.25) is 4.79 Å². The molecule has 0 spiro atoms. The van der Waals surface area contributed by atoms with Gasteiger partial charge in [0.05, 0.1) is 4.99 Å². The Bertz CT molecular complexity index is 288. The van der Waals surface area contributed by atoms with E-state index >= 15 is 0 Å². The van der Waals surface area contributed by atoms with Crippen LogP contribution in [0.1, 0.15) is 58.8 Å². The fourth-order valence-corrected chi connectivity index (χ4v) is 3.16. The van der Waals surface area contributed by atoms with Gasteiger partial charge >= 0.3 is 0 Å². The first kappa shape index (κ1) is 15.4. The summed E-state index contributed by atoms with van der Waals surface area (Å²) in [7, 11) is 0. The van der Waals surface area contributed by atoms with Crippen LogP contribution >= 0.6 is 12.2 Å². The van der Waals surface area contributed by atoms with E-state index in [0.29, 0.717) is 4.99 Å². The quantitative estimate of drug-likeness (QED) is 0.699. The highest BCUT2D eigenvalue weighted by Gasteiger charge is 2.31. The summed E-state index contributed by atoms with van der Waals surface area (Å²) < 4.78 is 0. The molecule has 0 radical (unpaired) electrons. The summed E-state index contributed by atoms with van der Waals surface area (Å²) in [5, 5.41) is 3.17. The summed E-state index contributed by atoms with van der Waals surface area (Å²) in [4.78, 5) is 12.8. The molecule has 0 saturated heterocycles. The van der Waals surface area contributed by atoms with Crippen molar-refractivity contribution in [3.05, 3.63) is 0 Å². The molecular weight excluding hydrogens is 244 g/mol. The first-order valence-corrected chi connectivity index (χ1v) is 7.60. The van der Waals surface area contributed by atoms with E-state index in [0.717, 1.165) is 44.9 Å². The molecule has 0 aliphatic heterocycles. The van der Waals surface area contributed by atoms with E-state index in [9.17, 15) is 4.79 Å². The lowest BCUT2D eigenvalue weighted by Gasteiger charge is -2.23. The Morgan fingerprint density at radius 3 is 2.44 bits per heavy atom. The second-order valence-electron chi connectivity index (χ2n) is 5.33. The second kappa shape index (κ2) is 7.72. The molecule has 104 valence electrons. The van der Waals surface area contributed by atoms with Crippen LogP contribution < -0.4 is 11.1 Å². The maximum absolute atomic E-state index is 12.3. The van der Waals surface area contributed by atoms with Gasteiger partial charge < -0.3 is 11.1 Å². The normalized spacial score (nSPS) is 23.3. The van der Waals surface area contributed by atoms with Gasteiger partial charge in [0.1, 0.15) is 0 Å². The van der Waals surface area contributed by atoms with Crippen LogP contribution in [0.5, 0.6) is 0 Å². The van der Waals surface area contributed by atoms with Crippen LogP contribution in [0, 0.1) is 11.8 Å². The lowest BCUT2D eigenvalue weighted by molar-refractivity contribution is -0.126. The van der Waals surface area contributed by atoms with E-state index in [4.69, 9.17) is 18.0 Å². The molecule has 0 heterocycles. The molecule has 1 fully saturated rings. The molecule has 1 amide bonds. The minimum atomic E-state index is 0.160. The van der Waals surface area contributed by atoms with E-state index in [1.807, 2.05) is 0 Å². The molecule has 2 unspecified atom stereocenters. The minimum Gasteiger partial charge on any atom is -0.393 e. The van der Waals surface area contributed by atoms with Crippen molar-refractivity contribution in [2.45, 2.75) is 64.8 Å². The molecule has 0 aromatic carbocycles. The lowest BCUT2D eigenvalue weighted by Crippen LogP contribution is -2.44. The molecule has 18 heavy (non-hydrogen) atoms. The standard InChI is InChI=1S/C14H26N2OS/c1-3-6-10(7-4-2)14(17)16-12-9-5-8-11(12)13(15)18/h10-12H,3-9H2,1-2H3,(H2,15,18)(H,16,17). The fraction of sp³-hybridized carbons (Fsp3) is 0.857. The van der Waals surface area contributed by atoms with Gasteiger partial charge in [-0.25, -0.2) is 0 Å². The molecule has 1 saturated carbocycles. The molecular formula is C14H26N2OS. The third-order valence-electron chi connectivity index (χ3n) is 3.85. The lowest BCUT2D eigenvalue weighted by atomic mass is 9.96. The van der Waals surface area contributed by atoms with Gasteiger partial charge in [0.25, 0.3) is 0 Å². The number of amides is 1. The largest absolute Gasteiger partial charge is 0.393 e. The smallest absolute Gasteiger partial charge is 0.223 e. The number of thiocarbonyl (C=S) groups is 1. The van der Waals surface area contributed by atoms with Crippen molar-refractivity contribution in [2.24, 2.45) is 17.6 Å². The van der Waals surface area contributed by atoms with Crippen molar-refractivity contribution in [1.82, 2.24) is 5.32 Å². The van der Waals surface area contributed by atoms with Crippen molar-refractivity contribution in [3.63, 3.8) is 0 Å². The Hall–Kier alpha value is -0.640. The Labute approximate surface area is 116 Å². The average molecular weight is 270 g/mol. The van der Waals surface area contributed by atoms with E-state index in [-0.39, 0.29) is 23.8 Å².